The first-order chi connectivity index (χ1) is 8.49. The molecule has 0 spiro atoms. The topological polar surface area (TPSA) is 124 Å². The maximum atomic E-state index is 9.55. The Bertz CT molecular complexity index is 572. The predicted molar refractivity (Wildman–Crippen MR) is 62.2 cm³/mol. The minimum absolute atomic E-state index is 0.261. The molecule has 4 N–H and O–H groups in total. The fourth-order valence-corrected chi connectivity index (χ4v) is 1.07. The highest BCUT2D eigenvalue weighted by molar-refractivity contribution is 5.89. The van der Waals surface area contributed by atoms with Crippen molar-refractivity contribution >= 4 is 22.8 Å². The molecule has 7 nitrogen and oxygen atoms in total. The van der Waals surface area contributed by atoms with Crippen LogP contribution < -0.4 is 0 Å². The van der Waals surface area contributed by atoms with Gasteiger partial charge in [-0.3, -0.25) is 5.10 Å². The lowest BCUT2D eigenvalue weighted by molar-refractivity contribution is -0.134. The second-order valence-corrected chi connectivity index (χ2v) is 3.15. The Morgan fingerprint density at radius 1 is 1.17 bits per heavy atom. The Morgan fingerprint density at radius 2 is 1.78 bits per heavy atom. The van der Waals surface area contributed by atoms with E-state index in [2.05, 4.69) is 10.2 Å². The summed E-state index contributed by atoms with van der Waals surface area (Å²) in [4.78, 5) is 19.1. The van der Waals surface area contributed by atoms with Gasteiger partial charge in [0.05, 0.1) is 11.7 Å². The number of aromatic nitrogens is 2. The van der Waals surface area contributed by atoms with Crippen molar-refractivity contribution in [3.63, 3.8) is 0 Å². The van der Waals surface area contributed by atoms with Gasteiger partial charge in [0.1, 0.15) is 5.75 Å². The third-order valence-corrected chi connectivity index (χ3v) is 1.79. The first kappa shape index (κ1) is 13.2. The summed E-state index contributed by atoms with van der Waals surface area (Å²) in [5.74, 6) is -2.25. The quantitative estimate of drug-likeness (QED) is 0.589. The lowest BCUT2D eigenvalue weighted by atomic mass is 10.2. The maximum Gasteiger partial charge on any atom is 0.328 e. The zero-order valence-electron chi connectivity index (χ0n) is 9.07. The molecule has 0 atom stereocenters. The molecule has 1 heterocycles. The number of nitrogens with zero attached hydrogens (tertiary/aromatic N) is 1. The molecule has 0 aliphatic heterocycles. The predicted octanol–water partition coefficient (Wildman–Crippen LogP) is 0.980. The summed E-state index contributed by atoms with van der Waals surface area (Å²) in [5.41, 5.74) is 0.861. The molecule has 0 saturated carbocycles. The number of aliphatic carboxylic acids is 2. The van der Waals surface area contributed by atoms with Gasteiger partial charge in [0, 0.05) is 23.6 Å². The van der Waals surface area contributed by atoms with E-state index in [-0.39, 0.29) is 5.75 Å². The number of aromatic hydroxyl groups is 1. The highest BCUT2D eigenvalue weighted by atomic mass is 16.4. The minimum atomic E-state index is -1.26. The number of hydrogen-bond donors (Lipinski definition) is 4. The highest BCUT2D eigenvalue weighted by Crippen LogP contribution is 2.16. The van der Waals surface area contributed by atoms with Crippen molar-refractivity contribution in [3.05, 3.63) is 36.5 Å². The van der Waals surface area contributed by atoms with Crippen LogP contribution in [0.1, 0.15) is 0 Å². The Hall–Kier alpha value is -2.83. The van der Waals surface area contributed by atoms with Gasteiger partial charge in [-0.1, -0.05) is 0 Å². The van der Waals surface area contributed by atoms with Crippen LogP contribution in [0.4, 0.5) is 0 Å². The summed E-state index contributed by atoms with van der Waals surface area (Å²) in [6, 6.07) is 5.09. The number of nitrogens with one attached hydrogen (secondary N) is 1. The number of phenolic OH excluding ortho intramolecular Hbond substituents is 1. The number of carboxylic acids is 2. The van der Waals surface area contributed by atoms with Crippen LogP contribution in [0.15, 0.2) is 36.5 Å². The van der Waals surface area contributed by atoms with E-state index in [9.17, 15) is 9.59 Å². The van der Waals surface area contributed by atoms with Crippen LogP contribution in [0.2, 0.25) is 0 Å². The molecular formula is C11H10N2O5. The van der Waals surface area contributed by atoms with Gasteiger partial charge in [0.25, 0.3) is 0 Å². The molecule has 0 unspecified atom stereocenters. The van der Waals surface area contributed by atoms with Crippen molar-refractivity contribution in [1.29, 1.82) is 0 Å². The van der Waals surface area contributed by atoms with Crippen LogP contribution in [0.3, 0.4) is 0 Å². The van der Waals surface area contributed by atoms with E-state index >= 15 is 0 Å². The summed E-state index contributed by atoms with van der Waals surface area (Å²) in [6.45, 7) is 0. The van der Waals surface area contributed by atoms with E-state index in [1.807, 2.05) is 6.07 Å². The standard InChI is InChI=1S/C7H6N2O.C4H4O4/c10-6-2-1-5-4-8-9-7(5)3-6;5-3(6)1-2-4(7)8/h1-4,10H,(H,8,9);1-2H,(H,5,6)(H,7,8). The molecule has 0 bridgehead atoms. The number of carbonyl (C=O) groups is 2. The fourth-order valence-electron chi connectivity index (χ4n) is 1.07. The second kappa shape index (κ2) is 6.04. The van der Waals surface area contributed by atoms with Gasteiger partial charge in [0.2, 0.25) is 0 Å². The monoisotopic (exact) mass is 250 g/mol. The molecule has 1 aromatic carbocycles. The molecule has 0 amide bonds. The van der Waals surface area contributed by atoms with Crippen LogP contribution in [-0.2, 0) is 9.59 Å². The molecule has 0 radical (unpaired) electrons. The van der Waals surface area contributed by atoms with Crippen molar-refractivity contribution in [3.8, 4) is 5.75 Å². The number of phenols is 1. The van der Waals surface area contributed by atoms with Crippen LogP contribution in [-0.4, -0.2) is 37.5 Å². The molecule has 2 aromatic rings. The average Bonchev–Trinajstić information content (AvgIpc) is 2.74. The van der Waals surface area contributed by atoms with Crippen LogP contribution in [0.5, 0.6) is 5.75 Å². The maximum absolute atomic E-state index is 9.55. The molecule has 18 heavy (non-hydrogen) atoms. The lowest BCUT2D eigenvalue weighted by Gasteiger charge is -1.88. The molecule has 0 aliphatic carbocycles. The lowest BCUT2D eigenvalue weighted by Crippen LogP contribution is -1.91. The second-order valence-electron chi connectivity index (χ2n) is 3.15. The number of benzene rings is 1. The summed E-state index contributed by atoms with van der Waals surface area (Å²) in [6.07, 6.45) is 2.83. The molecule has 1 aromatic heterocycles. The van der Waals surface area contributed by atoms with Crippen LogP contribution in [0, 0.1) is 0 Å². The van der Waals surface area contributed by atoms with E-state index in [1.165, 1.54) is 0 Å². The van der Waals surface area contributed by atoms with Crippen molar-refractivity contribution in [2.24, 2.45) is 0 Å². The first-order valence-electron chi connectivity index (χ1n) is 4.75. The van der Waals surface area contributed by atoms with Crippen molar-refractivity contribution < 1.29 is 24.9 Å². The number of H-pyrrole nitrogens is 1. The van der Waals surface area contributed by atoms with Gasteiger partial charge in [-0.05, 0) is 12.1 Å². The molecular weight excluding hydrogens is 240 g/mol. The molecule has 0 saturated heterocycles. The molecule has 0 aliphatic rings. The van der Waals surface area contributed by atoms with E-state index in [4.69, 9.17) is 15.3 Å². The molecule has 0 fully saturated rings. The Kier molecular flexibility index (Phi) is 4.44. The minimum Gasteiger partial charge on any atom is -0.508 e. The van der Waals surface area contributed by atoms with E-state index in [1.54, 1.807) is 18.3 Å². The third kappa shape index (κ3) is 4.35. The Morgan fingerprint density at radius 3 is 2.33 bits per heavy atom. The summed E-state index contributed by atoms with van der Waals surface area (Å²) >= 11 is 0. The van der Waals surface area contributed by atoms with Gasteiger partial charge >= 0.3 is 11.9 Å². The zero-order valence-corrected chi connectivity index (χ0v) is 9.07. The molecule has 94 valence electrons. The number of aromatic amines is 1. The van der Waals surface area contributed by atoms with E-state index in [0.29, 0.717) is 12.2 Å². The van der Waals surface area contributed by atoms with Crippen molar-refractivity contribution in [1.82, 2.24) is 10.2 Å². The Balaban J connectivity index is 0.000000187. The Labute approximate surface area is 101 Å². The zero-order chi connectivity index (χ0) is 13.5. The normalized spacial score (nSPS) is 10.0. The number of rotatable bonds is 2. The fraction of sp³-hybridized carbons (Fsp3) is 0. The molecule has 2 rings (SSSR count). The first-order valence-corrected chi connectivity index (χ1v) is 4.75. The van der Waals surface area contributed by atoms with E-state index < -0.39 is 11.9 Å². The summed E-state index contributed by atoms with van der Waals surface area (Å²) in [7, 11) is 0. The van der Waals surface area contributed by atoms with Gasteiger partial charge in [-0.15, -0.1) is 0 Å². The van der Waals surface area contributed by atoms with Gasteiger partial charge in [-0.25, -0.2) is 9.59 Å². The average molecular weight is 250 g/mol. The third-order valence-electron chi connectivity index (χ3n) is 1.79. The number of hydrogen-bond acceptors (Lipinski definition) is 4. The van der Waals surface area contributed by atoms with Gasteiger partial charge in [-0.2, -0.15) is 5.10 Å². The highest BCUT2D eigenvalue weighted by Gasteiger charge is 1.93. The summed E-state index contributed by atoms with van der Waals surface area (Å²) < 4.78 is 0. The van der Waals surface area contributed by atoms with Crippen LogP contribution >= 0.6 is 0 Å². The molecule has 7 heteroatoms. The van der Waals surface area contributed by atoms with Gasteiger partial charge < -0.3 is 15.3 Å². The van der Waals surface area contributed by atoms with Crippen LogP contribution in [0.25, 0.3) is 10.9 Å². The largest absolute Gasteiger partial charge is 0.508 e. The smallest absolute Gasteiger partial charge is 0.328 e. The number of fused-ring (bicyclic) bond motifs is 1. The van der Waals surface area contributed by atoms with Crippen molar-refractivity contribution in [2.75, 3.05) is 0 Å². The summed E-state index contributed by atoms with van der Waals surface area (Å²) in [5, 5.41) is 32.2. The SMILES string of the molecule is O=C(O)C=CC(=O)O.Oc1ccc2cn[nH]c2c1. The van der Waals surface area contributed by atoms with Gasteiger partial charge in [0.15, 0.2) is 0 Å². The van der Waals surface area contributed by atoms with Crippen molar-refractivity contribution in [2.45, 2.75) is 0 Å². The number of carboxylic acid groups (broad SMARTS) is 2. The van der Waals surface area contributed by atoms with E-state index in [0.717, 1.165) is 10.9 Å².